The summed E-state index contributed by atoms with van der Waals surface area (Å²) in [7, 11) is 0. The van der Waals surface area contributed by atoms with Gasteiger partial charge in [0.25, 0.3) is 5.91 Å². The van der Waals surface area contributed by atoms with E-state index >= 15 is 0 Å². The van der Waals surface area contributed by atoms with Gasteiger partial charge in [-0.15, -0.1) is 0 Å². The third kappa shape index (κ3) is 4.48. The Bertz CT molecular complexity index is 565. The maximum atomic E-state index is 11.8. The second-order valence-corrected chi connectivity index (χ2v) is 5.86. The third-order valence-corrected chi connectivity index (χ3v) is 3.92. The van der Waals surface area contributed by atoms with Crippen LogP contribution in [0.3, 0.4) is 0 Å². The summed E-state index contributed by atoms with van der Waals surface area (Å²) in [6.07, 6.45) is 1.97. The Balaban J connectivity index is 1.69. The maximum Gasteiger partial charge on any atom is 0.258 e. The van der Waals surface area contributed by atoms with Crippen LogP contribution in [0.2, 0.25) is 0 Å². The molecular formula is C17H24N2O3. The molecule has 0 saturated heterocycles. The summed E-state index contributed by atoms with van der Waals surface area (Å²) in [5.74, 6) is 0.890. The highest BCUT2D eigenvalue weighted by Gasteiger charge is 2.28. The number of nitrogens with one attached hydrogen (secondary N) is 2. The molecular weight excluding hydrogens is 280 g/mol. The van der Waals surface area contributed by atoms with E-state index in [-0.39, 0.29) is 24.3 Å². The topological polar surface area (TPSA) is 67.4 Å². The Morgan fingerprint density at radius 3 is 2.41 bits per heavy atom. The Labute approximate surface area is 131 Å². The maximum absolute atomic E-state index is 11.8. The molecule has 0 spiro atoms. The van der Waals surface area contributed by atoms with E-state index in [9.17, 15) is 9.59 Å². The molecule has 22 heavy (non-hydrogen) atoms. The number of ether oxygens (including phenoxy) is 1. The summed E-state index contributed by atoms with van der Waals surface area (Å²) in [5, 5.41) is 5.55. The molecule has 0 atom stereocenters. The van der Waals surface area contributed by atoms with Gasteiger partial charge in [0.1, 0.15) is 5.75 Å². The minimum atomic E-state index is -0.180. The highest BCUT2D eigenvalue weighted by atomic mass is 16.5. The monoisotopic (exact) mass is 304 g/mol. The fourth-order valence-electron chi connectivity index (χ4n) is 2.21. The summed E-state index contributed by atoms with van der Waals surface area (Å²) < 4.78 is 5.64. The van der Waals surface area contributed by atoms with Gasteiger partial charge in [-0.1, -0.05) is 12.1 Å². The van der Waals surface area contributed by atoms with Crippen LogP contribution in [0.15, 0.2) is 12.1 Å². The second-order valence-electron chi connectivity index (χ2n) is 5.86. The molecule has 1 aromatic rings. The Morgan fingerprint density at radius 2 is 1.73 bits per heavy atom. The zero-order valence-corrected chi connectivity index (χ0v) is 13.5. The van der Waals surface area contributed by atoms with Crippen LogP contribution in [-0.2, 0) is 9.59 Å². The second kappa shape index (κ2) is 7.29. The summed E-state index contributed by atoms with van der Waals surface area (Å²) in [5.41, 5.74) is 3.22. The predicted octanol–water partition coefficient (Wildman–Crippen LogP) is 1.63. The van der Waals surface area contributed by atoms with Gasteiger partial charge in [0, 0.05) is 19.0 Å². The van der Waals surface area contributed by atoms with E-state index in [0.717, 1.165) is 35.3 Å². The molecule has 2 N–H and O–H groups in total. The van der Waals surface area contributed by atoms with Crippen LogP contribution in [0, 0.1) is 26.7 Å². The molecule has 1 aromatic carbocycles. The van der Waals surface area contributed by atoms with Gasteiger partial charge in [0.2, 0.25) is 5.91 Å². The van der Waals surface area contributed by atoms with Gasteiger partial charge < -0.3 is 15.4 Å². The van der Waals surface area contributed by atoms with Crippen molar-refractivity contribution in [2.75, 3.05) is 19.7 Å². The number of benzene rings is 1. The SMILES string of the molecule is Cc1ccc(C)c(OCC(=O)NCCNC(=O)C2CC2)c1C. The van der Waals surface area contributed by atoms with E-state index in [1.54, 1.807) is 0 Å². The number of hydrogen-bond acceptors (Lipinski definition) is 3. The Hall–Kier alpha value is -2.04. The molecule has 0 aromatic heterocycles. The number of aryl methyl sites for hydroxylation is 2. The molecule has 5 heteroatoms. The predicted molar refractivity (Wildman–Crippen MR) is 84.9 cm³/mol. The molecule has 0 bridgehead atoms. The quantitative estimate of drug-likeness (QED) is 0.752. The van der Waals surface area contributed by atoms with Gasteiger partial charge in [-0.3, -0.25) is 9.59 Å². The van der Waals surface area contributed by atoms with Crippen molar-refractivity contribution in [3.8, 4) is 5.75 Å². The molecule has 120 valence electrons. The zero-order valence-electron chi connectivity index (χ0n) is 13.5. The fourth-order valence-corrected chi connectivity index (χ4v) is 2.21. The van der Waals surface area contributed by atoms with Crippen molar-refractivity contribution in [1.29, 1.82) is 0 Å². The molecule has 0 aliphatic heterocycles. The van der Waals surface area contributed by atoms with Crippen LogP contribution in [0.1, 0.15) is 29.5 Å². The number of carbonyl (C=O) groups excluding carboxylic acids is 2. The van der Waals surface area contributed by atoms with Gasteiger partial charge in [-0.05, 0) is 50.3 Å². The number of amides is 2. The first-order chi connectivity index (χ1) is 10.5. The van der Waals surface area contributed by atoms with Crippen molar-refractivity contribution in [3.63, 3.8) is 0 Å². The van der Waals surface area contributed by atoms with Crippen molar-refractivity contribution in [1.82, 2.24) is 10.6 Å². The molecule has 5 nitrogen and oxygen atoms in total. The van der Waals surface area contributed by atoms with Crippen molar-refractivity contribution >= 4 is 11.8 Å². The molecule has 2 rings (SSSR count). The molecule has 2 amide bonds. The highest BCUT2D eigenvalue weighted by molar-refractivity contribution is 5.81. The van der Waals surface area contributed by atoms with Gasteiger partial charge in [-0.25, -0.2) is 0 Å². The smallest absolute Gasteiger partial charge is 0.258 e. The molecule has 1 saturated carbocycles. The lowest BCUT2D eigenvalue weighted by Gasteiger charge is -2.14. The van der Waals surface area contributed by atoms with Crippen LogP contribution in [0.5, 0.6) is 5.75 Å². The zero-order chi connectivity index (χ0) is 16.1. The van der Waals surface area contributed by atoms with Crippen molar-refractivity contribution in [3.05, 3.63) is 28.8 Å². The number of carbonyl (C=O) groups is 2. The van der Waals surface area contributed by atoms with Crippen LogP contribution in [0.4, 0.5) is 0 Å². The third-order valence-electron chi connectivity index (χ3n) is 3.92. The van der Waals surface area contributed by atoms with Gasteiger partial charge in [0.15, 0.2) is 6.61 Å². The Morgan fingerprint density at radius 1 is 1.09 bits per heavy atom. The van der Waals surface area contributed by atoms with Gasteiger partial charge in [-0.2, -0.15) is 0 Å². The molecule has 0 heterocycles. The highest BCUT2D eigenvalue weighted by Crippen LogP contribution is 2.28. The largest absolute Gasteiger partial charge is 0.483 e. The van der Waals surface area contributed by atoms with Gasteiger partial charge >= 0.3 is 0 Å². The molecule has 0 radical (unpaired) electrons. The van der Waals surface area contributed by atoms with Crippen LogP contribution in [0.25, 0.3) is 0 Å². The van der Waals surface area contributed by atoms with E-state index in [2.05, 4.69) is 10.6 Å². The first kappa shape index (κ1) is 16.3. The normalized spacial score (nSPS) is 13.6. The van der Waals surface area contributed by atoms with E-state index in [1.807, 2.05) is 32.9 Å². The lowest BCUT2D eigenvalue weighted by Crippen LogP contribution is -2.37. The minimum absolute atomic E-state index is 0.0122. The van der Waals surface area contributed by atoms with E-state index in [0.29, 0.717) is 13.1 Å². The summed E-state index contributed by atoms with van der Waals surface area (Å²) in [6.45, 7) is 6.85. The van der Waals surface area contributed by atoms with Crippen molar-refractivity contribution < 1.29 is 14.3 Å². The lowest BCUT2D eigenvalue weighted by atomic mass is 10.1. The average molecular weight is 304 g/mol. The van der Waals surface area contributed by atoms with E-state index in [1.165, 1.54) is 0 Å². The van der Waals surface area contributed by atoms with E-state index in [4.69, 9.17) is 4.74 Å². The summed E-state index contributed by atoms with van der Waals surface area (Å²) >= 11 is 0. The first-order valence-electron chi connectivity index (χ1n) is 7.73. The number of hydrogen-bond donors (Lipinski definition) is 2. The van der Waals surface area contributed by atoms with Crippen molar-refractivity contribution in [2.24, 2.45) is 5.92 Å². The lowest BCUT2D eigenvalue weighted by molar-refractivity contribution is -0.124. The van der Waals surface area contributed by atoms with Crippen LogP contribution >= 0.6 is 0 Å². The van der Waals surface area contributed by atoms with Crippen LogP contribution < -0.4 is 15.4 Å². The summed E-state index contributed by atoms with van der Waals surface area (Å²) in [4.78, 5) is 23.2. The average Bonchev–Trinajstić information content (AvgIpc) is 3.32. The van der Waals surface area contributed by atoms with Crippen molar-refractivity contribution in [2.45, 2.75) is 33.6 Å². The molecule has 1 fully saturated rings. The Kier molecular flexibility index (Phi) is 5.41. The minimum Gasteiger partial charge on any atom is -0.483 e. The molecule has 1 aliphatic carbocycles. The number of rotatable bonds is 7. The first-order valence-corrected chi connectivity index (χ1v) is 7.73. The van der Waals surface area contributed by atoms with Gasteiger partial charge in [0.05, 0.1) is 0 Å². The standard InChI is InChI=1S/C17H24N2O3/c1-11-4-5-12(2)16(13(11)3)22-10-15(20)18-8-9-19-17(21)14-6-7-14/h4-5,14H,6-10H2,1-3H3,(H,18,20)(H,19,21). The van der Waals surface area contributed by atoms with Crippen LogP contribution in [-0.4, -0.2) is 31.5 Å². The fraction of sp³-hybridized carbons (Fsp3) is 0.529. The molecule has 0 unspecified atom stereocenters. The molecule has 1 aliphatic rings. The summed E-state index contributed by atoms with van der Waals surface area (Å²) in [6, 6.07) is 4.03. The van der Waals surface area contributed by atoms with E-state index < -0.39 is 0 Å².